The Balaban J connectivity index is 1.47. The van der Waals surface area contributed by atoms with Gasteiger partial charge in [0.1, 0.15) is 5.65 Å². The summed E-state index contributed by atoms with van der Waals surface area (Å²) in [7, 11) is 0. The first-order chi connectivity index (χ1) is 14.0. The molecular weight excluding hydrogens is 364 g/mol. The lowest BCUT2D eigenvalue weighted by molar-refractivity contribution is 0.206. The van der Waals surface area contributed by atoms with E-state index >= 15 is 0 Å². The number of hydrogen-bond acceptors (Lipinski definition) is 3. The van der Waals surface area contributed by atoms with Gasteiger partial charge in [-0.15, -0.1) is 0 Å². The first-order valence-electron chi connectivity index (χ1n) is 10.6. The van der Waals surface area contributed by atoms with Gasteiger partial charge in [-0.2, -0.15) is 5.10 Å². The van der Waals surface area contributed by atoms with Gasteiger partial charge in [-0.3, -0.25) is 4.68 Å². The van der Waals surface area contributed by atoms with Gasteiger partial charge < -0.3 is 15.2 Å². The topological polar surface area (TPSA) is 78.8 Å². The van der Waals surface area contributed by atoms with Crippen LogP contribution in [0, 0.1) is 0 Å². The fourth-order valence-corrected chi connectivity index (χ4v) is 4.97. The normalized spacial score (nSPS) is 20.9. The molecule has 5 rings (SSSR count). The summed E-state index contributed by atoms with van der Waals surface area (Å²) in [4.78, 5) is 22.1. The van der Waals surface area contributed by atoms with Crippen molar-refractivity contribution in [3.8, 4) is 11.3 Å². The van der Waals surface area contributed by atoms with E-state index in [-0.39, 0.29) is 11.4 Å². The zero-order chi connectivity index (χ0) is 20.2. The number of likely N-dealkylation sites (tertiary alicyclic amines) is 1. The summed E-state index contributed by atoms with van der Waals surface area (Å²) in [5, 5.41) is 9.00. The van der Waals surface area contributed by atoms with Crippen LogP contribution in [0.4, 0.5) is 4.79 Å². The highest BCUT2D eigenvalue weighted by Gasteiger charge is 2.46. The number of nitrogens with zero attached hydrogens (tertiary/aromatic N) is 4. The number of urea groups is 1. The van der Waals surface area contributed by atoms with Crippen LogP contribution in [0.2, 0.25) is 0 Å². The number of nitrogens with one attached hydrogen (secondary N) is 2. The van der Waals surface area contributed by atoms with Gasteiger partial charge in [-0.25, -0.2) is 9.78 Å². The predicted molar refractivity (Wildman–Crippen MR) is 113 cm³/mol. The van der Waals surface area contributed by atoms with Crippen molar-refractivity contribution in [1.82, 2.24) is 30.0 Å². The lowest BCUT2D eigenvalue weighted by Gasteiger charge is -2.23. The molecule has 3 aromatic heterocycles. The second-order valence-corrected chi connectivity index (χ2v) is 8.69. The monoisotopic (exact) mass is 392 g/mol. The molecule has 2 N–H and O–H groups in total. The van der Waals surface area contributed by atoms with Gasteiger partial charge in [0, 0.05) is 60.6 Å². The van der Waals surface area contributed by atoms with Crippen molar-refractivity contribution >= 4 is 17.1 Å². The van der Waals surface area contributed by atoms with E-state index in [4.69, 9.17) is 5.10 Å². The highest BCUT2D eigenvalue weighted by molar-refractivity contribution is 5.84. The summed E-state index contributed by atoms with van der Waals surface area (Å²) < 4.78 is 2.14. The largest absolute Gasteiger partial charge is 0.346 e. The number of H-pyrrole nitrogens is 1. The molecule has 1 saturated heterocycles. The van der Waals surface area contributed by atoms with Crippen LogP contribution in [0.25, 0.3) is 22.3 Å². The molecule has 0 aliphatic carbocycles. The molecule has 3 aromatic rings. The van der Waals surface area contributed by atoms with Gasteiger partial charge in [-0.05, 0) is 43.4 Å². The van der Waals surface area contributed by atoms with Gasteiger partial charge in [0.15, 0.2) is 0 Å². The van der Waals surface area contributed by atoms with Crippen molar-refractivity contribution in [2.24, 2.45) is 0 Å². The summed E-state index contributed by atoms with van der Waals surface area (Å²) >= 11 is 0. The van der Waals surface area contributed by atoms with E-state index in [1.54, 1.807) is 0 Å². The van der Waals surface area contributed by atoms with E-state index in [1.165, 1.54) is 16.6 Å². The Kier molecular flexibility index (Phi) is 4.15. The van der Waals surface area contributed by atoms with Crippen molar-refractivity contribution in [3.05, 3.63) is 35.8 Å². The van der Waals surface area contributed by atoms with Crippen LogP contribution < -0.4 is 5.32 Å². The summed E-state index contributed by atoms with van der Waals surface area (Å²) in [6.07, 6.45) is 6.02. The minimum absolute atomic E-state index is 0.0328. The number of pyridine rings is 1. The molecule has 1 spiro atoms. The second-order valence-electron chi connectivity index (χ2n) is 8.69. The molecular formula is C22H28N6O. The Morgan fingerprint density at radius 1 is 1.31 bits per heavy atom. The Bertz CT molecular complexity index is 1080. The lowest BCUT2D eigenvalue weighted by atomic mass is 9.82. The van der Waals surface area contributed by atoms with E-state index in [0.717, 1.165) is 49.4 Å². The summed E-state index contributed by atoms with van der Waals surface area (Å²) in [6, 6.07) is 4.47. The van der Waals surface area contributed by atoms with Crippen molar-refractivity contribution in [2.45, 2.75) is 51.5 Å². The maximum atomic E-state index is 12.3. The average molecular weight is 393 g/mol. The second kappa shape index (κ2) is 6.61. The number of aryl methyl sites for hydroxylation is 1. The van der Waals surface area contributed by atoms with E-state index in [1.807, 2.05) is 18.0 Å². The number of aromatic nitrogens is 4. The fourth-order valence-electron chi connectivity index (χ4n) is 4.97. The highest BCUT2D eigenvalue weighted by Crippen LogP contribution is 2.44. The third-order valence-corrected chi connectivity index (χ3v) is 6.58. The molecule has 7 nitrogen and oxygen atoms in total. The zero-order valence-electron chi connectivity index (χ0n) is 17.3. The van der Waals surface area contributed by atoms with E-state index < -0.39 is 0 Å². The van der Waals surface area contributed by atoms with Crippen LogP contribution in [0.15, 0.2) is 24.5 Å². The van der Waals surface area contributed by atoms with Gasteiger partial charge in [-0.1, -0.05) is 13.8 Å². The number of carbonyl (C=O) groups is 1. The SMILES string of the molecule is CCNC(=O)N1CCC2(CCn3nc(-c4cnc5[nH]cc(C(C)C)c5c4)cc32)C1. The van der Waals surface area contributed by atoms with E-state index in [9.17, 15) is 4.79 Å². The smallest absolute Gasteiger partial charge is 0.317 e. The summed E-state index contributed by atoms with van der Waals surface area (Å²) in [6.45, 7) is 9.51. The van der Waals surface area contributed by atoms with Crippen LogP contribution >= 0.6 is 0 Å². The minimum atomic E-state index is 0.0328. The molecule has 7 heteroatoms. The average Bonchev–Trinajstić information content (AvgIpc) is 3.46. The van der Waals surface area contributed by atoms with E-state index in [0.29, 0.717) is 12.5 Å². The predicted octanol–water partition coefficient (Wildman–Crippen LogP) is 3.63. The third kappa shape index (κ3) is 2.82. The van der Waals surface area contributed by atoms with Gasteiger partial charge >= 0.3 is 6.03 Å². The van der Waals surface area contributed by atoms with Crippen LogP contribution in [0.3, 0.4) is 0 Å². The standard InChI is InChI=1S/C22H28N6O/c1-4-23-21(29)27-7-5-22(13-27)6-8-28-19(22)10-18(26-28)15-9-16-17(14(2)3)12-25-20(16)24-11-15/h9-12,14H,4-8,13H2,1-3H3,(H,23,29)(H,24,25). The Labute approximate surface area is 170 Å². The van der Waals surface area contributed by atoms with Crippen LogP contribution in [0.5, 0.6) is 0 Å². The zero-order valence-corrected chi connectivity index (χ0v) is 17.3. The van der Waals surface area contributed by atoms with Crippen LogP contribution in [-0.2, 0) is 12.0 Å². The molecule has 0 radical (unpaired) electrons. The van der Waals surface area contributed by atoms with Crippen molar-refractivity contribution in [3.63, 3.8) is 0 Å². The number of hydrogen-bond donors (Lipinski definition) is 2. The number of carbonyl (C=O) groups excluding carboxylic acids is 1. The first kappa shape index (κ1) is 18.2. The maximum absolute atomic E-state index is 12.3. The molecule has 1 atom stereocenters. The van der Waals surface area contributed by atoms with Crippen LogP contribution in [-0.4, -0.2) is 50.3 Å². The molecule has 1 unspecified atom stereocenters. The molecule has 2 amide bonds. The molecule has 0 bridgehead atoms. The molecule has 29 heavy (non-hydrogen) atoms. The summed E-state index contributed by atoms with van der Waals surface area (Å²) in [5.74, 6) is 0.440. The minimum Gasteiger partial charge on any atom is -0.346 e. The molecule has 0 saturated carbocycles. The lowest BCUT2D eigenvalue weighted by Crippen LogP contribution is -2.40. The number of aromatic amines is 1. The first-order valence-corrected chi connectivity index (χ1v) is 10.6. The fraction of sp³-hybridized carbons (Fsp3) is 0.500. The number of fused-ring (bicyclic) bond motifs is 3. The highest BCUT2D eigenvalue weighted by atomic mass is 16.2. The Morgan fingerprint density at radius 2 is 2.14 bits per heavy atom. The molecule has 0 aromatic carbocycles. The molecule has 2 aliphatic rings. The quantitative estimate of drug-likeness (QED) is 0.714. The molecule has 152 valence electrons. The molecule has 2 aliphatic heterocycles. The number of rotatable bonds is 3. The third-order valence-electron chi connectivity index (χ3n) is 6.58. The molecule has 1 fully saturated rings. The van der Waals surface area contributed by atoms with E-state index in [2.05, 4.69) is 52.1 Å². The van der Waals surface area contributed by atoms with Crippen molar-refractivity contribution in [2.75, 3.05) is 19.6 Å². The van der Waals surface area contributed by atoms with Gasteiger partial charge in [0.05, 0.1) is 5.69 Å². The summed E-state index contributed by atoms with van der Waals surface area (Å²) in [5.41, 5.74) is 5.53. The van der Waals surface area contributed by atoms with Crippen molar-refractivity contribution < 1.29 is 4.79 Å². The Morgan fingerprint density at radius 3 is 2.93 bits per heavy atom. The van der Waals surface area contributed by atoms with Crippen LogP contribution in [0.1, 0.15) is 50.8 Å². The Hall–Kier alpha value is -2.83. The maximum Gasteiger partial charge on any atom is 0.317 e. The van der Waals surface area contributed by atoms with Gasteiger partial charge in [0.25, 0.3) is 0 Å². The number of amides is 2. The molecule has 5 heterocycles. The van der Waals surface area contributed by atoms with Crippen molar-refractivity contribution in [1.29, 1.82) is 0 Å². The van der Waals surface area contributed by atoms with Gasteiger partial charge in [0.2, 0.25) is 0 Å².